The van der Waals surface area contributed by atoms with Crippen LogP contribution in [-0.2, 0) is 10.0 Å². The van der Waals surface area contributed by atoms with Crippen LogP contribution >= 0.6 is 0 Å². The normalized spacial score (nSPS) is 10.8. The molecule has 0 aliphatic carbocycles. The van der Waals surface area contributed by atoms with Crippen molar-refractivity contribution in [3.63, 3.8) is 0 Å². The van der Waals surface area contributed by atoms with E-state index in [9.17, 15) is 13.2 Å². The number of methoxy groups -OCH3 is 2. The standard InChI is InChI=1S/C22H23N3O5S/c1-15-9-10-17(24-22(26)23-16-7-5-4-6-8-16)13-19(15)25-31(27,28)18-11-12-20(29-2)21(14-18)30-3/h4-14,25H,1-3H3,(H2,23,24,26). The van der Waals surface area contributed by atoms with Crippen LogP contribution in [0.5, 0.6) is 11.5 Å². The Labute approximate surface area is 181 Å². The highest BCUT2D eigenvalue weighted by Gasteiger charge is 2.18. The van der Waals surface area contributed by atoms with Gasteiger partial charge in [0.2, 0.25) is 0 Å². The fourth-order valence-electron chi connectivity index (χ4n) is 2.81. The number of urea groups is 1. The van der Waals surface area contributed by atoms with Crippen molar-refractivity contribution in [3.8, 4) is 11.5 Å². The molecular weight excluding hydrogens is 418 g/mol. The fourth-order valence-corrected chi connectivity index (χ4v) is 3.95. The maximum atomic E-state index is 12.9. The Morgan fingerprint density at radius 3 is 2.16 bits per heavy atom. The van der Waals surface area contributed by atoms with Gasteiger partial charge in [0.25, 0.3) is 10.0 Å². The van der Waals surface area contributed by atoms with Crippen LogP contribution in [0.1, 0.15) is 5.56 Å². The summed E-state index contributed by atoms with van der Waals surface area (Å²) in [4.78, 5) is 12.2. The molecule has 31 heavy (non-hydrogen) atoms. The van der Waals surface area contributed by atoms with Crippen molar-refractivity contribution in [2.75, 3.05) is 29.6 Å². The summed E-state index contributed by atoms with van der Waals surface area (Å²) in [5.41, 5.74) is 2.11. The van der Waals surface area contributed by atoms with Gasteiger partial charge >= 0.3 is 6.03 Å². The number of carbonyl (C=O) groups is 1. The third kappa shape index (κ3) is 5.46. The van der Waals surface area contributed by atoms with Crippen molar-refractivity contribution in [3.05, 3.63) is 72.3 Å². The molecular formula is C22H23N3O5S. The first-order chi connectivity index (χ1) is 14.8. The summed E-state index contributed by atoms with van der Waals surface area (Å²) < 4.78 is 38.7. The summed E-state index contributed by atoms with van der Waals surface area (Å²) in [6.07, 6.45) is 0. The lowest BCUT2D eigenvalue weighted by atomic mass is 10.2. The molecule has 0 bridgehead atoms. The highest BCUT2D eigenvalue weighted by atomic mass is 32.2. The highest BCUT2D eigenvalue weighted by Crippen LogP contribution is 2.31. The molecule has 0 aliphatic heterocycles. The molecule has 0 heterocycles. The first kappa shape index (κ1) is 22.0. The van der Waals surface area contributed by atoms with E-state index in [4.69, 9.17) is 9.47 Å². The molecule has 3 rings (SSSR count). The first-order valence-electron chi connectivity index (χ1n) is 9.31. The second-order valence-corrected chi connectivity index (χ2v) is 8.28. The SMILES string of the molecule is COc1ccc(S(=O)(=O)Nc2cc(NC(=O)Nc3ccccc3)ccc2C)cc1OC. The summed E-state index contributed by atoms with van der Waals surface area (Å²) in [6.45, 7) is 1.76. The number of ether oxygens (including phenoxy) is 2. The van der Waals surface area contributed by atoms with Gasteiger partial charge < -0.3 is 20.1 Å². The van der Waals surface area contributed by atoms with E-state index in [0.29, 0.717) is 34.1 Å². The molecule has 0 spiro atoms. The minimum atomic E-state index is -3.90. The fraction of sp³-hybridized carbons (Fsp3) is 0.136. The molecule has 8 nitrogen and oxygen atoms in total. The molecule has 0 atom stereocenters. The summed E-state index contributed by atoms with van der Waals surface area (Å²) in [5, 5.41) is 5.40. The Balaban J connectivity index is 1.79. The van der Waals surface area contributed by atoms with Gasteiger partial charge in [0.1, 0.15) is 0 Å². The van der Waals surface area contributed by atoms with E-state index in [2.05, 4.69) is 15.4 Å². The zero-order valence-electron chi connectivity index (χ0n) is 17.3. The number of hydrogen-bond acceptors (Lipinski definition) is 5. The Hall–Kier alpha value is -3.72. The van der Waals surface area contributed by atoms with Crippen molar-refractivity contribution in [1.82, 2.24) is 0 Å². The van der Waals surface area contributed by atoms with Gasteiger partial charge in [-0.2, -0.15) is 0 Å². The Morgan fingerprint density at radius 1 is 0.806 bits per heavy atom. The molecule has 3 N–H and O–H groups in total. The van der Waals surface area contributed by atoms with Gasteiger partial charge in [0.05, 0.1) is 24.8 Å². The second kappa shape index (κ2) is 9.40. The molecule has 0 saturated heterocycles. The molecule has 0 unspecified atom stereocenters. The Bertz CT molecular complexity index is 1180. The molecule has 2 amide bonds. The lowest BCUT2D eigenvalue weighted by Crippen LogP contribution is -2.20. The molecule has 0 aromatic heterocycles. The zero-order valence-corrected chi connectivity index (χ0v) is 18.1. The van der Waals surface area contributed by atoms with E-state index in [-0.39, 0.29) is 4.90 Å². The van der Waals surface area contributed by atoms with Gasteiger partial charge in [0.15, 0.2) is 11.5 Å². The van der Waals surface area contributed by atoms with Gasteiger partial charge in [-0.1, -0.05) is 24.3 Å². The Morgan fingerprint density at radius 2 is 1.48 bits per heavy atom. The van der Waals surface area contributed by atoms with Crippen LogP contribution in [0.4, 0.5) is 21.9 Å². The maximum absolute atomic E-state index is 12.9. The van der Waals surface area contributed by atoms with Crippen molar-refractivity contribution in [2.45, 2.75) is 11.8 Å². The van der Waals surface area contributed by atoms with Crippen LogP contribution < -0.4 is 24.8 Å². The molecule has 162 valence electrons. The number of hydrogen-bond donors (Lipinski definition) is 3. The summed E-state index contributed by atoms with van der Waals surface area (Å²) in [5.74, 6) is 0.725. The van der Waals surface area contributed by atoms with E-state index >= 15 is 0 Å². The Kier molecular flexibility index (Phi) is 6.66. The van der Waals surface area contributed by atoms with Gasteiger partial charge in [-0.15, -0.1) is 0 Å². The third-order valence-corrected chi connectivity index (χ3v) is 5.80. The van der Waals surface area contributed by atoms with Crippen LogP contribution in [0.3, 0.4) is 0 Å². The molecule has 0 radical (unpaired) electrons. The number of nitrogens with one attached hydrogen (secondary N) is 3. The van der Waals surface area contributed by atoms with Crippen LogP contribution in [-0.4, -0.2) is 28.7 Å². The van der Waals surface area contributed by atoms with E-state index in [1.807, 2.05) is 18.2 Å². The van der Waals surface area contributed by atoms with E-state index in [1.54, 1.807) is 37.3 Å². The van der Waals surface area contributed by atoms with Gasteiger partial charge in [-0.3, -0.25) is 4.72 Å². The predicted molar refractivity (Wildman–Crippen MR) is 121 cm³/mol. The smallest absolute Gasteiger partial charge is 0.323 e. The van der Waals surface area contributed by atoms with Crippen LogP contribution in [0.25, 0.3) is 0 Å². The number of amides is 2. The minimum Gasteiger partial charge on any atom is -0.493 e. The monoisotopic (exact) mass is 441 g/mol. The van der Waals surface area contributed by atoms with Crippen LogP contribution in [0.15, 0.2) is 71.6 Å². The number of rotatable bonds is 7. The van der Waals surface area contributed by atoms with Gasteiger partial charge in [-0.25, -0.2) is 13.2 Å². The number of carbonyl (C=O) groups excluding carboxylic acids is 1. The van der Waals surface area contributed by atoms with Crippen molar-refractivity contribution >= 4 is 33.1 Å². The van der Waals surface area contributed by atoms with Crippen LogP contribution in [0, 0.1) is 6.92 Å². The van der Waals surface area contributed by atoms with Crippen molar-refractivity contribution in [1.29, 1.82) is 0 Å². The maximum Gasteiger partial charge on any atom is 0.323 e. The summed E-state index contributed by atoms with van der Waals surface area (Å²) >= 11 is 0. The number of aryl methyl sites for hydroxylation is 1. The van der Waals surface area contributed by atoms with Gasteiger partial charge in [-0.05, 0) is 48.9 Å². The summed E-state index contributed by atoms with van der Waals surface area (Å²) in [7, 11) is -0.997. The average molecular weight is 442 g/mol. The van der Waals surface area contributed by atoms with E-state index in [0.717, 1.165) is 0 Å². The quantitative estimate of drug-likeness (QED) is 0.502. The highest BCUT2D eigenvalue weighted by molar-refractivity contribution is 7.92. The van der Waals surface area contributed by atoms with Gasteiger partial charge in [0, 0.05) is 17.4 Å². The van der Waals surface area contributed by atoms with Crippen LogP contribution in [0.2, 0.25) is 0 Å². The van der Waals surface area contributed by atoms with Crippen molar-refractivity contribution in [2.24, 2.45) is 0 Å². The first-order valence-corrected chi connectivity index (χ1v) is 10.8. The molecule has 3 aromatic rings. The number of para-hydroxylation sites is 1. The number of sulfonamides is 1. The summed E-state index contributed by atoms with van der Waals surface area (Å²) in [6, 6.07) is 17.8. The third-order valence-electron chi connectivity index (χ3n) is 4.44. The van der Waals surface area contributed by atoms with Crippen molar-refractivity contribution < 1.29 is 22.7 Å². The molecule has 0 fully saturated rings. The largest absolute Gasteiger partial charge is 0.493 e. The minimum absolute atomic E-state index is 0.0183. The second-order valence-electron chi connectivity index (χ2n) is 6.60. The number of benzene rings is 3. The lowest BCUT2D eigenvalue weighted by Gasteiger charge is -2.14. The molecule has 0 aliphatic rings. The van der Waals surface area contributed by atoms with E-state index < -0.39 is 16.1 Å². The average Bonchev–Trinajstić information content (AvgIpc) is 2.76. The molecule has 0 saturated carbocycles. The molecule has 9 heteroatoms. The van der Waals surface area contributed by atoms with E-state index in [1.165, 1.54) is 32.4 Å². The lowest BCUT2D eigenvalue weighted by molar-refractivity contribution is 0.262. The zero-order chi connectivity index (χ0) is 22.4. The number of anilines is 3. The topological polar surface area (TPSA) is 106 Å². The molecule has 3 aromatic carbocycles. The predicted octanol–water partition coefficient (Wildman–Crippen LogP) is 4.46.